The second-order valence-corrected chi connectivity index (χ2v) is 10.0. The first kappa shape index (κ1) is 23.1. The van der Waals surface area contributed by atoms with Crippen LogP contribution in [0.2, 0.25) is 0 Å². The van der Waals surface area contributed by atoms with Crippen LogP contribution in [-0.2, 0) is 11.3 Å². The summed E-state index contributed by atoms with van der Waals surface area (Å²) < 4.78 is 1.85. The largest absolute Gasteiger partial charge is 0.326 e. The molecule has 2 N–H and O–H groups in total. The zero-order valence-corrected chi connectivity index (χ0v) is 19.9. The van der Waals surface area contributed by atoms with Gasteiger partial charge in [0, 0.05) is 43.0 Å². The topological polar surface area (TPSA) is 83.4 Å². The SMILES string of the molecule is CC(C)c1ccc(NC(=O)[C@@H](NC(=O)N2CC3CC(C2)c2cccc(=O)n2C3)C(C)C)cc1. The number of amides is 3. The maximum Gasteiger partial charge on any atom is 0.318 e. The molecule has 4 rings (SSSR count). The van der Waals surface area contributed by atoms with Crippen molar-refractivity contribution in [2.24, 2.45) is 11.8 Å². The molecule has 0 spiro atoms. The number of hydrogen-bond acceptors (Lipinski definition) is 3. The lowest BCUT2D eigenvalue weighted by atomic mass is 9.83. The highest BCUT2D eigenvalue weighted by Gasteiger charge is 2.37. The van der Waals surface area contributed by atoms with Gasteiger partial charge in [0.05, 0.1) is 0 Å². The van der Waals surface area contributed by atoms with E-state index in [9.17, 15) is 14.4 Å². The van der Waals surface area contributed by atoms with E-state index in [4.69, 9.17) is 0 Å². The van der Waals surface area contributed by atoms with Crippen LogP contribution in [0.5, 0.6) is 0 Å². The van der Waals surface area contributed by atoms with Gasteiger partial charge in [-0.05, 0) is 47.9 Å². The first-order chi connectivity index (χ1) is 15.7. The van der Waals surface area contributed by atoms with E-state index in [0.717, 1.165) is 17.8 Å². The van der Waals surface area contributed by atoms with Crippen molar-refractivity contribution in [3.63, 3.8) is 0 Å². The van der Waals surface area contributed by atoms with Crippen LogP contribution >= 0.6 is 0 Å². The highest BCUT2D eigenvalue weighted by atomic mass is 16.2. The molecule has 1 aromatic heterocycles. The molecular formula is C26H34N4O3. The van der Waals surface area contributed by atoms with Gasteiger partial charge in [-0.3, -0.25) is 9.59 Å². The van der Waals surface area contributed by atoms with Gasteiger partial charge < -0.3 is 20.1 Å². The van der Waals surface area contributed by atoms with Crippen molar-refractivity contribution >= 4 is 17.6 Å². The van der Waals surface area contributed by atoms with Crippen LogP contribution in [-0.4, -0.2) is 40.5 Å². The number of nitrogens with one attached hydrogen (secondary N) is 2. The summed E-state index contributed by atoms with van der Waals surface area (Å²) in [6.45, 7) is 9.89. The van der Waals surface area contributed by atoms with Crippen LogP contribution < -0.4 is 16.2 Å². The Labute approximate surface area is 195 Å². The maximum absolute atomic E-state index is 13.2. The number of pyridine rings is 1. The van der Waals surface area contributed by atoms with E-state index in [-0.39, 0.29) is 35.3 Å². The number of carbonyl (C=O) groups is 2. The fourth-order valence-electron chi connectivity index (χ4n) is 4.99. The summed E-state index contributed by atoms with van der Waals surface area (Å²) in [4.78, 5) is 40.2. The fraction of sp³-hybridized carbons (Fsp3) is 0.500. The normalized spacial score (nSPS) is 20.4. The van der Waals surface area contributed by atoms with Crippen LogP contribution in [0.4, 0.5) is 10.5 Å². The monoisotopic (exact) mass is 450 g/mol. The Balaban J connectivity index is 1.42. The van der Waals surface area contributed by atoms with Gasteiger partial charge in [-0.2, -0.15) is 0 Å². The number of fused-ring (bicyclic) bond motifs is 4. The van der Waals surface area contributed by atoms with Crippen LogP contribution in [0.25, 0.3) is 0 Å². The summed E-state index contributed by atoms with van der Waals surface area (Å²) in [5, 5.41) is 5.91. The number of rotatable bonds is 5. The third kappa shape index (κ3) is 4.97. The predicted molar refractivity (Wildman–Crippen MR) is 129 cm³/mol. The van der Waals surface area contributed by atoms with Crippen LogP contribution in [0.1, 0.15) is 57.2 Å². The molecule has 1 aromatic carbocycles. The molecule has 2 aliphatic rings. The summed E-state index contributed by atoms with van der Waals surface area (Å²) >= 11 is 0. The number of aromatic nitrogens is 1. The van der Waals surface area contributed by atoms with Gasteiger partial charge in [-0.1, -0.05) is 45.9 Å². The number of benzene rings is 1. The standard InChI is InChI=1S/C26H34N4O3/c1-16(2)19-8-10-21(11-9-19)27-25(32)24(17(3)4)28-26(33)29-13-18-12-20(15-29)22-6-5-7-23(31)30(22)14-18/h5-11,16-18,20,24H,12-15H2,1-4H3,(H,27,32)(H,28,33)/t18?,20?,24-/m0/s1. The van der Waals surface area contributed by atoms with Crippen molar-refractivity contribution in [1.29, 1.82) is 0 Å². The Morgan fingerprint density at radius 1 is 0.970 bits per heavy atom. The quantitative estimate of drug-likeness (QED) is 0.728. The number of carbonyl (C=O) groups excluding carboxylic acids is 2. The molecule has 7 nitrogen and oxygen atoms in total. The van der Waals surface area contributed by atoms with Crippen LogP contribution in [0.3, 0.4) is 0 Å². The molecule has 2 bridgehead atoms. The molecule has 2 unspecified atom stereocenters. The zero-order valence-electron chi connectivity index (χ0n) is 19.9. The zero-order chi connectivity index (χ0) is 23.7. The Morgan fingerprint density at radius 2 is 1.70 bits per heavy atom. The van der Waals surface area contributed by atoms with Gasteiger partial charge in [0.1, 0.15) is 6.04 Å². The van der Waals surface area contributed by atoms with Crippen molar-refractivity contribution in [3.05, 3.63) is 64.1 Å². The van der Waals surface area contributed by atoms with Crippen molar-refractivity contribution in [2.45, 2.75) is 58.5 Å². The molecule has 0 aliphatic carbocycles. The predicted octanol–water partition coefficient (Wildman–Crippen LogP) is 3.76. The minimum Gasteiger partial charge on any atom is -0.326 e. The molecule has 3 atom stereocenters. The van der Waals surface area contributed by atoms with Crippen molar-refractivity contribution in [3.8, 4) is 0 Å². The van der Waals surface area contributed by atoms with Gasteiger partial charge in [-0.25, -0.2) is 4.79 Å². The third-order valence-corrected chi connectivity index (χ3v) is 6.84. The summed E-state index contributed by atoms with van der Waals surface area (Å²) in [6.07, 6.45) is 0.980. The molecule has 7 heteroatoms. The molecule has 3 amide bonds. The summed E-state index contributed by atoms with van der Waals surface area (Å²) in [6, 6.07) is 12.3. The first-order valence-corrected chi connectivity index (χ1v) is 11.9. The van der Waals surface area contributed by atoms with E-state index in [1.807, 2.05) is 48.7 Å². The molecule has 176 valence electrons. The lowest BCUT2D eigenvalue weighted by molar-refractivity contribution is -0.118. The molecule has 3 heterocycles. The molecule has 2 aromatic rings. The van der Waals surface area contributed by atoms with Crippen LogP contribution in [0.15, 0.2) is 47.3 Å². The molecule has 1 saturated heterocycles. The summed E-state index contributed by atoms with van der Waals surface area (Å²) in [5.41, 5.74) is 2.96. The van der Waals surface area contributed by atoms with E-state index >= 15 is 0 Å². The minimum absolute atomic E-state index is 0.0260. The highest BCUT2D eigenvalue weighted by molar-refractivity contribution is 5.97. The summed E-state index contributed by atoms with van der Waals surface area (Å²) in [7, 11) is 0. The number of piperidine rings is 1. The number of urea groups is 1. The highest BCUT2D eigenvalue weighted by Crippen LogP contribution is 2.35. The Morgan fingerprint density at radius 3 is 2.36 bits per heavy atom. The Bertz CT molecular complexity index is 1070. The Hall–Kier alpha value is -3.09. The molecule has 1 fully saturated rings. The first-order valence-electron chi connectivity index (χ1n) is 11.9. The Kier molecular flexibility index (Phi) is 6.58. The molecule has 2 aliphatic heterocycles. The molecule has 0 saturated carbocycles. The molecule has 33 heavy (non-hydrogen) atoms. The van der Waals surface area contributed by atoms with E-state index in [2.05, 4.69) is 24.5 Å². The lowest BCUT2D eigenvalue weighted by Gasteiger charge is -2.43. The van der Waals surface area contributed by atoms with Gasteiger partial charge in [0.25, 0.3) is 5.56 Å². The number of hydrogen-bond donors (Lipinski definition) is 2. The number of nitrogens with zero attached hydrogens (tertiary/aromatic N) is 2. The number of likely N-dealkylation sites (tertiary alicyclic amines) is 1. The third-order valence-electron chi connectivity index (χ3n) is 6.84. The fourth-order valence-corrected chi connectivity index (χ4v) is 4.99. The lowest BCUT2D eigenvalue weighted by Crippen LogP contribution is -2.56. The smallest absolute Gasteiger partial charge is 0.318 e. The van der Waals surface area contributed by atoms with E-state index in [1.165, 1.54) is 5.56 Å². The van der Waals surface area contributed by atoms with Crippen LogP contribution in [0, 0.1) is 11.8 Å². The molecular weight excluding hydrogens is 416 g/mol. The van der Waals surface area contributed by atoms with Gasteiger partial charge in [0.2, 0.25) is 5.91 Å². The average Bonchev–Trinajstić information content (AvgIpc) is 2.78. The maximum atomic E-state index is 13.2. The van der Waals surface area contributed by atoms with Gasteiger partial charge in [0.15, 0.2) is 0 Å². The van der Waals surface area contributed by atoms with E-state index < -0.39 is 6.04 Å². The molecule has 0 radical (unpaired) electrons. The van der Waals surface area contributed by atoms with Crippen molar-refractivity contribution in [2.75, 3.05) is 18.4 Å². The second-order valence-electron chi connectivity index (χ2n) is 10.0. The summed E-state index contributed by atoms with van der Waals surface area (Å²) in [5.74, 6) is 0.528. The number of anilines is 1. The van der Waals surface area contributed by atoms with E-state index in [1.54, 1.807) is 17.0 Å². The minimum atomic E-state index is -0.640. The van der Waals surface area contributed by atoms with Crippen molar-refractivity contribution < 1.29 is 9.59 Å². The van der Waals surface area contributed by atoms with Crippen molar-refractivity contribution in [1.82, 2.24) is 14.8 Å². The average molecular weight is 451 g/mol. The van der Waals surface area contributed by atoms with E-state index in [0.29, 0.717) is 25.6 Å². The van der Waals surface area contributed by atoms with Gasteiger partial charge in [-0.15, -0.1) is 0 Å². The van der Waals surface area contributed by atoms with Gasteiger partial charge >= 0.3 is 6.03 Å². The second kappa shape index (κ2) is 9.41.